The van der Waals surface area contributed by atoms with E-state index in [2.05, 4.69) is 12.1 Å². The number of carbonyl (C=O) groups is 2. The number of rotatable bonds is 4. The molecular formula is C20H21NO3. The molecule has 124 valence electrons. The summed E-state index contributed by atoms with van der Waals surface area (Å²) >= 11 is 0. The molecule has 0 saturated heterocycles. The number of hydrogen-bond acceptors (Lipinski definition) is 2. The predicted molar refractivity (Wildman–Crippen MR) is 94.3 cm³/mol. The quantitative estimate of drug-likeness (QED) is 0.930. The molecule has 0 bridgehead atoms. The van der Waals surface area contributed by atoms with Gasteiger partial charge in [-0.2, -0.15) is 0 Å². The van der Waals surface area contributed by atoms with Crippen LogP contribution >= 0.6 is 0 Å². The monoisotopic (exact) mass is 323 g/mol. The fourth-order valence-corrected chi connectivity index (χ4v) is 3.31. The smallest absolute Gasteiger partial charge is 0.303 e. The number of amides is 1. The molecule has 1 heterocycles. The van der Waals surface area contributed by atoms with Gasteiger partial charge in [0, 0.05) is 19.2 Å². The average Bonchev–Trinajstić information content (AvgIpc) is 2.97. The normalized spacial score (nSPS) is 14.3. The van der Waals surface area contributed by atoms with Crippen LogP contribution in [0, 0.1) is 0 Å². The third-order valence-corrected chi connectivity index (χ3v) is 4.62. The average molecular weight is 323 g/mol. The summed E-state index contributed by atoms with van der Waals surface area (Å²) in [6.45, 7) is 4.26. The minimum atomic E-state index is -0.783. The molecule has 1 amide bonds. The number of aliphatic carboxylic acids is 1. The molecule has 3 rings (SSSR count). The molecule has 0 fully saturated rings. The third kappa shape index (κ3) is 3.18. The van der Waals surface area contributed by atoms with Crippen LogP contribution in [-0.2, 0) is 16.0 Å². The first-order chi connectivity index (χ1) is 11.5. The van der Waals surface area contributed by atoms with E-state index < -0.39 is 5.97 Å². The van der Waals surface area contributed by atoms with Gasteiger partial charge >= 0.3 is 5.97 Å². The number of carboxylic acids is 1. The molecule has 1 N–H and O–H groups in total. The molecule has 2 aromatic rings. The molecule has 1 atom stereocenters. The summed E-state index contributed by atoms with van der Waals surface area (Å²) in [5.74, 6) is -0.731. The Labute approximate surface area is 141 Å². The van der Waals surface area contributed by atoms with E-state index in [4.69, 9.17) is 5.11 Å². The Morgan fingerprint density at radius 2 is 1.92 bits per heavy atom. The van der Waals surface area contributed by atoms with E-state index >= 15 is 0 Å². The Hall–Kier alpha value is -2.62. The maximum atomic E-state index is 11.6. The Morgan fingerprint density at radius 3 is 2.62 bits per heavy atom. The molecule has 0 saturated carbocycles. The van der Waals surface area contributed by atoms with Crippen molar-refractivity contribution >= 4 is 17.6 Å². The summed E-state index contributed by atoms with van der Waals surface area (Å²) in [5.41, 5.74) is 5.39. The summed E-state index contributed by atoms with van der Waals surface area (Å²) in [5, 5.41) is 8.97. The zero-order valence-corrected chi connectivity index (χ0v) is 14.0. The lowest BCUT2D eigenvalue weighted by molar-refractivity contribution is -0.137. The lowest BCUT2D eigenvalue weighted by Gasteiger charge is -2.15. The SMILES string of the molecule is CC(=O)N1CCc2cc(-c3cccc(C(C)CC(=O)O)c3)ccc21. The fourth-order valence-electron chi connectivity index (χ4n) is 3.31. The van der Waals surface area contributed by atoms with Gasteiger partial charge in [-0.15, -0.1) is 0 Å². The number of anilines is 1. The highest BCUT2D eigenvalue weighted by Gasteiger charge is 2.22. The van der Waals surface area contributed by atoms with Crippen LogP contribution in [0.1, 0.15) is 37.3 Å². The van der Waals surface area contributed by atoms with Crippen LogP contribution < -0.4 is 4.90 Å². The maximum absolute atomic E-state index is 11.6. The van der Waals surface area contributed by atoms with E-state index in [0.29, 0.717) is 0 Å². The number of benzene rings is 2. The molecule has 2 aromatic carbocycles. The van der Waals surface area contributed by atoms with Crippen LogP contribution in [0.15, 0.2) is 42.5 Å². The lowest BCUT2D eigenvalue weighted by atomic mass is 9.93. The molecule has 1 aliphatic heterocycles. The van der Waals surface area contributed by atoms with Gasteiger partial charge in [0.05, 0.1) is 6.42 Å². The third-order valence-electron chi connectivity index (χ3n) is 4.62. The lowest BCUT2D eigenvalue weighted by Crippen LogP contribution is -2.25. The van der Waals surface area contributed by atoms with Crippen molar-refractivity contribution in [3.63, 3.8) is 0 Å². The Bertz CT molecular complexity index is 797. The van der Waals surface area contributed by atoms with Crippen LogP contribution in [-0.4, -0.2) is 23.5 Å². The van der Waals surface area contributed by atoms with Crippen molar-refractivity contribution in [2.45, 2.75) is 32.6 Å². The minimum absolute atomic E-state index is 0.0231. The molecule has 4 nitrogen and oxygen atoms in total. The molecule has 1 aliphatic rings. The van der Waals surface area contributed by atoms with Crippen LogP contribution in [0.2, 0.25) is 0 Å². The first-order valence-corrected chi connectivity index (χ1v) is 8.19. The van der Waals surface area contributed by atoms with E-state index in [1.807, 2.05) is 42.2 Å². The molecule has 1 unspecified atom stereocenters. The number of fused-ring (bicyclic) bond motifs is 1. The van der Waals surface area contributed by atoms with Gasteiger partial charge in [0.15, 0.2) is 0 Å². The van der Waals surface area contributed by atoms with E-state index in [0.717, 1.165) is 35.3 Å². The molecule has 0 radical (unpaired) electrons. The molecular weight excluding hydrogens is 302 g/mol. The second kappa shape index (κ2) is 6.48. The summed E-state index contributed by atoms with van der Waals surface area (Å²) in [6.07, 6.45) is 0.999. The van der Waals surface area contributed by atoms with Crippen molar-refractivity contribution in [1.82, 2.24) is 0 Å². The van der Waals surface area contributed by atoms with Crippen molar-refractivity contribution in [3.05, 3.63) is 53.6 Å². The van der Waals surface area contributed by atoms with E-state index in [-0.39, 0.29) is 18.2 Å². The molecule has 0 aromatic heterocycles. The van der Waals surface area contributed by atoms with Gasteiger partial charge in [0.2, 0.25) is 5.91 Å². The highest BCUT2D eigenvalue weighted by molar-refractivity contribution is 5.94. The van der Waals surface area contributed by atoms with Gasteiger partial charge in [-0.25, -0.2) is 0 Å². The number of carbonyl (C=O) groups excluding carboxylic acids is 1. The first kappa shape index (κ1) is 16.2. The molecule has 4 heteroatoms. The van der Waals surface area contributed by atoms with Crippen molar-refractivity contribution in [2.75, 3.05) is 11.4 Å². The number of nitrogens with zero attached hydrogens (tertiary/aromatic N) is 1. The summed E-state index contributed by atoms with van der Waals surface area (Å²) in [7, 11) is 0. The Morgan fingerprint density at radius 1 is 1.17 bits per heavy atom. The van der Waals surface area contributed by atoms with Gasteiger partial charge in [-0.3, -0.25) is 9.59 Å². The molecule has 0 aliphatic carbocycles. The van der Waals surface area contributed by atoms with Gasteiger partial charge < -0.3 is 10.0 Å². The van der Waals surface area contributed by atoms with Gasteiger partial charge in [0.1, 0.15) is 0 Å². The maximum Gasteiger partial charge on any atom is 0.303 e. The van der Waals surface area contributed by atoms with Crippen molar-refractivity contribution < 1.29 is 14.7 Å². The second-order valence-electron chi connectivity index (χ2n) is 6.39. The predicted octanol–water partition coefficient (Wildman–Crippen LogP) is 3.84. The largest absolute Gasteiger partial charge is 0.481 e. The van der Waals surface area contributed by atoms with Gasteiger partial charge in [-0.1, -0.05) is 37.3 Å². The van der Waals surface area contributed by atoms with Gasteiger partial charge in [-0.05, 0) is 46.7 Å². The van der Waals surface area contributed by atoms with E-state index in [1.54, 1.807) is 6.92 Å². The van der Waals surface area contributed by atoms with E-state index in [9.17, 15) is 9.59 Å². The van der Waals surface area contributed by atoms with E-state index in [1.165, 1.54) is 5.56 Å². The van der Waals surface area contributed by atoms with Crippen LogP contribution in [0.4, 0.5) is 5.69 Å². The summed E-state index contributed by atoms with van der Waals surface area (Å²) in [4.78, 5) is 24.4. The van der Waals surface area contributed by atoms with Crippen LogP contribution in [0.5, 0.6) is 0 Å². The first-order valence-electron chi connectivity index (χ1n) is 8.19. The topological polar surface area (TPSA) is 57.6 Å². The zero-order chi connectivity index (χ0) is 17.3. The molecule has 24 heavy (non-hydrogen) atoms. The Kier molecular flexibility index (Phi) is 4.38. The Balaban J connectivity index is 1.90. The summed E-state index contributed by atoms with van der Waals surface area (Å²) < 4.78 is 0. The van der Waals surface area contributed by atoms with Crippen LogP contribution in [0.3, 0.4) is 0 Å². The van der Waals surface area contributed by atoms with Crippen LogP contribution in [0.25, 0.3) is 11.1 Å². The summed E-state index contributed by atoms with van der Waals surface area (Å²) in [6, 6.07) is 14.2. The molecule has 0 spiro atoms. The second-order valence-corrected chi connectivity index (χ2v) is 6.39. The fraction of sp³-hybridized carbons (Fsp3) is 0.300. The van der Waals surface area contributed by atoms with Crippen molar-refractivity contribution in [3.8, 4) is 11.1 Å². The highest BCUT2D eigenvalue weighted by atomic mass is 16.4. The zero-order valence-electron chi connectivity index (χ0n) is 14.0. The van der Waals surface area contributed by atoms with Gasteiger partial charge in [0.25, 0.3) is 0 Å². The number of carboxylic acid groups (broad SMARTS) is 1. The minimum Gasteiger partial charge on any atom is -0.481 e. The van der Waals surface area contributed by atoms with Crippen molar-refractivity contribution in [2.24, 2.45) is 0 Å². The standard InChI is InChI=1S/C20H21NO3/c1-13(10-20(23)24)15-4-3-5-16(11-15)17-6-7-19-18(12-17)8-9-21(19)14(2)22/h3-7,11-13H,8-10H2,1-2H3,(H,23,24). The van der Waals surface area contributed by atoms with Crippen molar-refractivity contribution in [1.29, 1.82) is 0 Å². The highest BCUT2D eigenvalue weighted by Crippen LogP contribution is 2.33. The number of hydrogen-bond donors (Lipinski definition) is 1.